The van der Waals surface area contributed by atoms with Crippen LogP contribution in [-0.2, 0) is 16.1 Å². The summed E-state index contributed by atoms with van der Waals surface area (Å²) < 4.78 is 15.5. The molecule has 0 aliphatic heterocycles. The number of para-hydroxylation sites is 1. The predicted octanol–water partition coefficient (Wildman–Crippen LogP) is 3.82. The van der Waals surface area contributed by atoms with Crippen molar-refractivity contribution in [3.8, 4) is 17.1 Å². The third-order valence-electron chi connectivity index (χ3n) is 3.39. The molecule has 0 fully saturated rings. The molecule has 0 saturated heterocycles. The second-order valence-corrected chi connectivity index (χ2v) is 5.61. The SMILES string of the molecule is Cc1ccccc1-c1noc(COC(=O)COc2ccccc2Cl)n1. The van der Waals surface area contributed by atoms with Crippen LogP contribution in [0, 0.1) is 6.92 Å². The van der Waals surface area contributed by atoms with Gasteiger partial charge in [-0.15, -0.1) is 0 Å². The van der Waals surface area contributed by atoms with E-state index in [-0.39, 0.29) is 19.1 Å². The van der Waals surface area contributed by atoms with Crippen LogP contribution in [0.25, 0.3) is 11.4 Å². The lowest BCUT2D eigenvalue weighted by molar-refractivity contribution is -0.148. The number of ether oxygens (including phenoxy) is 2. The number of benzene rings is 2. The minimum absolute atomic E-state index is 0.121. The fraction of sp³-hybridized carbons (Fsp3) is 0.167. The Morgan fingerprint density at radius 2 is 1.92 bits per heavy atom. The van der Waals surface area contributed by atoms with E-state index in [1.165, 1.54) is 0 Å². The molecule has 0 saturated carbocycles. The normalized spacial score (nSPS) is 10.5. The van der Waals surface area contributed by atoms with Gasteiger partial charge in [0, 0.05) is 5.56 Å². The molecule has 25 heavy (non-hydrogen) atoms. The third-order valence-corrected chi connectivity index (χ3v) is 3.71. The maximum absolute atomic E-state index is 11.8. The summed E-state index contributed by atoms with van der Waals surface area (Å²) in [7, 11) is 0. The van der Waals surface area contributed by atoms with Gasteiger partial charge in [0.05, 0.1) is 5.02 Å². The Balaban J connectivity index is 1.53. The van der Waals surface area contributed by atoms with Gasteiger partial charge in [0.1, 0.15) is 5.75 Å². The molecule has 0 unspecified atom stereocenters. The number of nitrogens with zero attached hydrogens (tertiary/aromatic N) is 2. The summed E-state index contributed by atoms with van der Waals surface area (Å²) >= 11 is 5.94. The lowest BCUT2D eigenvalue weighted by Gasteiger charge is -2.06. The first-order valence-electron chi connectivity index (χ1n) is 7.55. The Kier molecular flexibility index (Phi) is 5.30. The molecule has 0 spiro atoms. The molecule has 0 aliphatic rings. The first-order valence-corrected chi connectivity index (χ1v) is 7.93. The maximum Gasteiger partial charge on any atom is 0.344 e. The molecule has 0 N–H and O–H groups in total. The van der Waals surface area contributed by atoms with E-state index in [4.69, 9.17) is 25.6 Å². The smallest absolute Gasteiger partial charge is 0.344 e. The Morgan fingerprint density at radius 1 is 1.16 bits per heavy atom. The van der Waals surface area contributed by atoms with Crippen LogP contribution >= 0.6 is 11.6 Å². The van der Waals surface area contributed by atoms with E-state index < -0.39 is 5.97 Å². The number of hydrogen-bond donors (Lipinski definition) is 0. The monoisotopic (exact) mass is 358 g/mol. The first-order chi connectivity index (χ1) is 12.1. The van der Waals surface area contributed by atoms with Crippen LogP contribution in [0.3, 0.4) is 0 Å². The summed E-state index contributed by atoms with van der Waals surface area (Å²) in [4.78, 5) is 16.0. The van der Waals surface area contributed by atoms with E-state index in [2.05, 4.69) is 10.1 Å². The molecule has 7 heteroatoms. The van der Waals surface area contributed by atoms with E-state index in [0.29, 0.717) is 16.6 Å². The Hall–Kier alpha value is -2.86. The molecule has 1 heterocycles. The molecule has 2 aromatic carbocycles. The first kappa shape index (κ1) is 17.0. The van der Waals surface area contributed by atoms with Crippen molar-refractivity contribution in [1.29, 1.82) is 0 Å². The van der Waals surface area contributed by atoms with Gasteiger partial charge in [-0.25, -0.2) is 4.79 Å². The molecular formula is C18H15ClN2O4. The minimum atomic E-state index is -0.560. The van der Waals surface area contributed by atoms with Crippen LogP contribution in [0.2, 0.25) is 5.02 Å². The molecule has 128 valence electrons. The molecule has 1 aromatic heterocycles. The van der Waals surface area contributed by atoms with Crippen molar-refractivity contribution in [2.45, 2.75) is 13.5 Å². The van der Waals surface area contributed by atoms with Crippen molar-refractivity contribution < 1.29 is 18.8 Å². The van der Waals surface area contributed by atoms with Crippen LogP contribution in [0.4, 0.5) is 0 Å². The van der Waals surface area contributed by atoms with Crippen molar-refractivity contribution in [3.05, 3.63) is 65.0 Å². The van der Waals surface area contributed by atoms with Gasteiger partial charge in [-0.1, -0.05) is 53.2 Å². The summed E-state index contributed by atoms with van der Waals surface area (Å²) in [6.45, 7) is 1.57. The molecule has 0 bridgehead atoms. The van der Waals surface area contributed by atoms with Gasteiger partial charge in [0.25, 0.3) is 5.89 Å². The van der Waals surface area contributed by atoms with Crippen molar-refractivity contribution >= 4 is 17.6 Å². The third kappa shape index (κ3) is 4.36. The molecule has 0 aliphatic carbocycles. The van der Waals surface area contributed by atoms with E-state index in [0.717, 1.165) is 11.1 Å². The van der Waals surface area contributed by atoms with Crippen molar-refractivity contribution in [1.82, 2.24) is 10.1 Å². The molecule has 6 nitrogen and oxygen atoms in total. The molecule has 3 rings (SSSR count). The highest BCUT2D eigenvalue weighted by molar-refractivity contribution is 6.32. The van der Waals surface area contributed by atoms with Crippen molar-refractivity contribution in [2.24, 2.45) is 0 Å². The Morgan fingerprint density at radius 3 is 2.72 bits per heavy atom. The van der Waals surface area contributed by atoms with Gasteiger partial charge in [-0.05, 0) is 24.6 Å². The second kappa shape index (κ2) is 7.81. The summed E-state index contributed by atoms with van der Waals surface area (Å²) in [6.07, 6.45) is 0. The average Bonchev–Trinajstić information content (AvgIpc) is 3.08. The lowest BCUT2D eigenvalue weighted by atomic mass is 10.1. The molecule has 0 atom stereocenters. The van der Waals surface area contributed by atoms with Crippen LogP contribution in [0.15, 0.2) is 53.1 Å². The second-order valence-electron chi connectivity index (χ2n) is 5.21. The number of carbonyl (C=O) groups is 1. The lowest BCUT2D eigenvalue weighted by Crippen LogP contribution is -2.15. The van der Waals surface area contributed by atoms with Gasteiger partial charge in [0.15, 0.2) is 13.2 Å². The van der Waals surface area contributed by atoms with Gasteiger partial charge in [0.2, 0.25) is 5.82 Å². The number of hydrogen-bond acceptors (Lipinski definition) is 6. The minimum Gasteiger partial charge on any atom is -0.480 e. The number of esters is 1. The standard InChI is InChI=1S/C18H15ClN2O4/c1-12-6-2-3-7-13(12)18-20-16(25-21-18)10-24-17(22)11-23-15-9-5-4-8-14(15)19/h2-9H,10-11H2,1H3. The van der Waals surface area contributed by atoms with Gasteiger partial charge < -0.3 is 14.0 Å². The molecule has 3 aromatic rings. The molecule has 0 amide bonds. The highest BCUT2D eigenvalue weighted by Crippen LogP contribution is 2.23. The maximum atomic E-state index is 11.8. The summed E-state index contributed by atoms with van der Waals surface area (Å²) in [6, 6.07) is 14.6. The number of aromatic nitrogens is 2. The number of rotatable bonds is 6. The van der Waals surface area contributed by atoms with Crippen molar-refractivity contribution in [3.63, 3.8) is 0 Å². The fourth-order valence-electron chi connectivity index (χ4n) is 2.13. The quantitative estimate of drug-likeness (QED) is 0.623. The summed E-state index contributed by atoms with van der Waals surface area (Å²) in [5.74, 6) is 0.525. The average molecular weight is 359 g/mol. The highest BCUT2D eigenvalue weighted by Gasteiger charge is 2.13. The Labute approximate surface area is 149 Å². The molecule has 0 radical (unpaired) electrons. The van der Waals surface area contributed by atoms with E-state index in [9.17, 15) is 4.79 Å². The van der Waals surface area contributed by atoms with Crippen LogP contribution in [0.1, 0.15) is 11.5 Å². The predicted molar refractivity (Wildman–Crippen MR) is 91.2 cm³/mol. The summed E-state index contributed by atoms with van der Waals surface area (Å²) in [5.41, 5.74) is 1.89. The van der Waals surface area contributed by atoms with Crippen LogP contribution in [0.5, 0.6) is 5.75 Å². The Bertz CT molecular complexity index is 879. The van der Waals surface area contributed by atoms with E-state index in [1.807, 2.05) is 31.2 Å². The topological polar surface area (TPSA) is 74.5 Å². The number of halogens is 1. The van der Waals surface area contributed by atoms with E-state index in [1.54, 1.807) is 24.3 Å². The zero-order valence-corrected chi connectivity index (χ0v) is 14.2. The largest absolute Gasteiger partial charge is 0.480 e. The zero-order valence-electron chi connectivity index (χ0n) is 13.4. The van der Waals surface area contributed by atoms with Crippen molar-refractivity contribution in [2.75, 3.05) is 6.61 Å². The van der Waals surface area contributed by atoms with Gasteiger partial charge in [-0.2, -0.15) is 4.98 Å². The van der Waals surface area contributed by atoms with Gasteiger partial charge >= 0.3 is 5.97 Å². The number of carbonyl (C=O) groups excluding carboxylic acids is 1. The zero-order chi connectivity index (χ0) is 17.6. The van der Waals surface area contributed by atoms with E-state index >= 15 is 0 Å². The van der Waals surface area contributed by atoms with Crippen LogP contribution < -0.4 is 4.74 Å². The van der Waals surface area contributed by atoms with Crippen LogP contribution in [-0.4, -0.2) is 22.7 Å². The fourth-order valence-corrected chi connectivity index (χ4v) is 2.32. The molecular weight excluding hydrogens is 344 g/mol. The van der Waals surface area contributed by atoms with Gasteiger partial charge in [-0.3, -0.25) is 0 Å². The highest BCUT2D eigenvalue weighted by atomic mass is 35.5. The number of aryl methyl sites for hydroxylation is 1. The summed E-state index contributed by atoms with van der Waals surface area (Å²) in [5, 5.41) is 4.33.